The molecule has 0 rings (SSSR count). The number of carbonyl (C=O) groups is 3. The van der Waals surface area contributed by atoms with Gasteiger partial charge in [-0.25, -0.2) is 14.4 Å². The molecule has 0 atom stereocenters. The minimum Gasteiger partial charge on any atom is -0.466 e. The van der Waals surface area contributed by atoms with Crippen molar-refractivity contribution in [2.75, 3.05) is 33.4 Å². The molecule has 0 heterocycles. The molecule has 7 nitrogen and oxygen atoms in total. The van der Waals surface area contributed by atoms with Gasteiger partial charge < -0.3 is 19.1 Å². The van der Waals surface area contributed by atoms with Gasteiger partial charge in [0, 0.05) is 25.2 Å². The van der Waals surface area contributed by atoms with E-state index in [0.29, 0.717) is 26.1 Å². The van der Waals surface area contributed by atoms with Crippen LogP contribution in [0, 0.1) is 0 Å². The molecule has 0 saturated carbocycles. The van der Waals surface area contributed by atoms with Gasteiger partial charge in [-0.05, 0) is 20.3 Å². The molecule has 0 aromatic heterocycles. The number of ether oxygens (including phenoxy) is 3. The summed E-state index contributed by atoms with van der Waals surface area (Å²) in [7, 11) is 1.22. The van der Waals surface area contributed by atoms with Gasteiger partial charge in [-0.3, -0.25) is 0 Å². The van der Waals surface area contributed by atoms with E-state index in [1.807, 2.05) is 6.92 Å². The highest BCUT2D eigenvalue weighted by atomic mass is 16.6. The molecular formula is C13H21NO6. The Morgan fingerprint density at radius 2 is 1.70 bits per heavy atom. The minimum absolute atomic E-state index is 0.153. The highest BCUT2D eigenvalue weighted by molar-refractivity contribution is 5.91. The van der Waals surface area contributed by atoms with E-state index in [4.69, 9.17) is 9.47 Å². The van der Waals surface area contributed by atoms with E-state index in [9.17, 15) is 14.4 Å². The first kappa shape index (κ1) is 17.9. The molecule has 0 aliphatic heterocycles. The lowest BCUT2D eigenvalue weighted by Gasteiger charge is -2.19. The summed E-state index contributed by atoms with van der Waals surface area (Å²) in [5.41, 5.74) is 0. The van der Waals surface area contributed by atoms with E-state index < -0.39 is 11.9 Å². The smallest absolute Gasteiger partial charge is 0.409 e. The Kier molecular flexibility index (Phi) is 9.72. The Hall–Kier alpha value is -2.05. The number of nitrogens with zero attached hydrogens (tertiary/aromatic N) is 1. The van der Waals surface area contributed by atoms with Crippen LogP contribution in [-0.4, -0.2) is 56.3 Å². The predicted molar refractivity (Wildman–Crippen MR) is 71.0 cm³/mol. The standard InChI is InChI=1S/C13H21NO6/c1-4-14(13(17)19-5-2)9-6-10-20-12(16)8-7-11(15)18-3/h7-8H,4-6,9-10H2,1-3H3/b8-7+. The molecule has 0 N–H and O–H groups in total. The fourth-order valence-corrected chi connectivity index (χ4v) is 1.27. The Bertz CT molecular complexity index is 353. The summed E-state index contributed by atoms with van der Waals surface area (Å²) in [5.74, 6) is -1.25. The summed E-state index contributed by atoms with van der Waals surface area (Å²) < 4.78 is 14.1. The van der Waals surface area contributed by atoms with E-state index >= 15 is 0 Å². The molecule has 0 spiro atoms. The van der Waals surface area contributed by atoms with Crippen LogP contribution in [0.15, 0.2) is 12.2 Å². The van der Waals surface area contributed by atoms with Crippen molar-refractivity contribution in [2.24, 2.45) is 0 Å². The van der Waals surface area contributed by atoms with Crippen LogP contribution in [0.3, 0.4) is 0 Å². The third-order valence-corrected chi connectivity index (χ3v) is 2.28. The molecule has 0 radical (unpaired) electrons. The van der Waals surface area contributed by atoms with Gasteiger partial charge in [0.05, 0.1) is 20.3 Å². The third kappa shape index (κ3) is 8.12. The number of hydrogen-bond donors (Lipinski definition) is 0. The van der Waals surface area contributed by atoms with Crippen LogP contribution >= 0.6 is 0 Å². The van der Waals surface area contributed by atoms with Gasteiger partial charge in [0.15, 0.2) is 0 Å². The van der Waals surface area contributed by atoms with Crippen molar-refractivity contribution >= 4 is 18.0 Å². The first-order valence-corrected chi connectivity index (χ1v) is 6.39. The largest absolute Gasteiger partial charge is 0.466 e. The van der Waals surface area contributed by atoms with E-state index in [1.54, 1.807) is 6.92 Å². The summed E-state index contributed by atoms with van der Waals surface area (Å²) in [6.45, 7) is 5.00. The molecule has 114 valence electrons. The van der Waals surface area contributed by atoms with Gasteiger partial charge in [-0.1, -0.05) is 0 Å². The fourth-order valence-electron chi connectivity index (χ4n) is 1.27. The van der Waals surface area contributed by atoms with Crippen LogP contribution in [0.5, 0.6) is 0 Å². The second-order valence-electron chi connectivity index (χ2n) is 3.66. The van der Waals surface area contributed by atoms with Crippen molar-refractivity contribution in [3.8, 4) is 0 Å². The normalized spacial score (nSPS) is 10.2. The Morgan fingerprint density at radius 3 is 2.25 bits per heavy atom. The van der Waals surface area contributed by atoms with Crippen molar-refractivity contribution in [1.82, 2.24) is 4.90 Å². The summed E-state index contributed by atoms with van der Waals surface area (Å²) >= 11 is 0. The molecular weight excluding hydrogens is 266 g/mol. The number of carbonyl (C=O) groups excluding carboxylic acids is 3. The van der Waals surface area contributed by atoms with Crippen molar-refractivity contribution in [3.63, 3.8) is 0 Å². The lowest BCUT2D eigenvalue weighted by atomic mass is 10.4. The fraction of sp³-hybridized carbons (Fsp3) is 0.615. The molecule has 0 bridgehead atoms. The number of amides is 1. The van der Waals surface area contributed by atoms with Gasteiger partial charge in [0.2, 0.25) is 0 Å². The second-order valence-corrected chi connectivity index (χ2v) is 3.66. The van der Waals surface area contributed by atoms with Gasteiger partial charge >= 0.3 is 18.0 Å². The monoisotopic (exact) mass is 287 g/mol. The van der Waals surface area contributed by atoms with Crippen LogP contribution in [0.1, 0.15) is 20.3 Å². The molecule has 0 unspecified atom stereocenters. The van der Waals surface area contributed by atoms with Crippen LogP contribution < -0.4 is 0 Å². The topological polar surface area (TPSA) is 82.1 Å². The Balaban J connectivity index is 3.89. The zero-order valence-corrected chi connectivity index (χ0v) is 12.1. The van der Waals surface area contributed by atoms with E-state index in [-0.39, 0.29) is 12.7 Å². The van der Waals surface area contributed by atoms with Crippen molar-refractivity contribution in [2.45, 2.75) is 20.3 Å². The van der Waals surface area contributed by atoms with E-state index in [2.05, 4.69) is 4.74 Å². The lowest BCUT2D eigenvalue weighted by Crippen LogP contribution is -2.32. The maximum atomic E-state index is 11.4. The molecule has 0 fully saturated rings. The second kappa shape index (κ2) is 10.8. The van der Waals surface area contributed by atoms with Crippen molar-refractivity contribution in [1.29, 1.82) is 0 Å². The average molecular weight is 287 g/mol. The number of esters is 2. The molecule has 20 heavy (non-hydrogen) atoms. The van der Waals surface area contributed by atoms with Crippen molar-refractivity contribution in [3.05, 3.63) is 12.2 Å². The maximum Gasteiger partial charge on any atom is 0.409 e. The SMILES string of the molecule is CCOC(=O)N(CC)CCCOC(=O)/C=C/C(=O)OC. The summed E-state index contributed by atoms with van der Waals surface area (Å²) in [6, 6.07) is 0. The summed E-state index contributed by atoms with van der Waals surface area (Å²) in [6.07, 6.45) is 2.09. The van der Waals surface area contributed by atoms with Gasteiger partial charge in [-0.2, -0.15) is 0 Å². The van der Waals surface area contributed by atoms with Crippen LogP contribution in [-0.2, 0) is 23.8 Å². The zero-order chi connectivity index (χ0) is 15.4. The predicted octanol–water partition coefficient (Wildman–Crippen LogP) is 1.13. The van der Waals surface area contributed by atoms with Crippen LogP contribution in [0.2, 0.25) is 0 Å². The molecule has 7 heteroatoms. The molecule has 0 aromatic carbocycles. The lowest BCUT2D eigenvalue weighted by molar-refractivity contribution is -0.139. The molecule has 1 amide bonds. The third-order valence-electron chi connectivity index (χ3n) is 2.28. The highest BCUT2D eigenvalue weighted by Gasteiger charge is 2.11. The van der Waals surface area contributed by atoms with E-state index in [1.165, 1.54) is 12.0 Å². The maximum absolute atomic E-state index is 11.4. The summed E-state index contributed by atoms with van der Waals surface area (Å²) in [4.78, 5) is 34.9. The molecule has 0 aromatic rings. The van der Waals surface area contributed by atoms with E-state index in [0.717, 1.165) is 12.2 Å². The van der Waals surface area contributed by atoms with Gasteiger partial charge in [-0.15, -0.1) is 0 Å². The first-order valence-electron chi connectivity index (χ1n) is 6.39. The van der Waals surface area contributed by atoms with Gasteiger partial charge in [0.25, 0.3) is 0 Å². The minimum atomic E-state index is -0.630. The summed E-state index contributed by atoms with van der Waals surface area (Å²) in [5, 5.41) is 0. The average Bonchev–Trinajstić information content (AvgIpc) is 2.44. The zero-order valence-electron chi connectivity index (χ0n) is 12.1. The van der Waals surface area contributed by atoms with Crippen LogP contribution in [0.25, 0.3) is 0 Å². The molecule has 0 saturated heterocycles. The molecule has 0 aliphatic rings. The Morgan fingerprint density at radius 1 is 1.05 bits per heavy atom. The van der Waals surface area contributed by atoms with Crippen LogP contribution in [0.4, 0.5) is 4.79 Å². The number of hydrogen-bond acceptors (Lipinski definition) is 6. The van der Waals surface area contributed by atoms with Gasteiger partial charge in [0.1, 0.15) is 0 Å². The first-order chi connectivity index (χ1) is 9.54. The number of rotatable bonds is 8. The quantitative estimate of drug-likeness (QED) is 0.288. The Labute approximate surface area is 118 Å². The highest BCUT2D eigenvalue weighted by Crippen LogP contribution is 1.97. The van der Waals surface area contributed by atoms with Crippen molar-refractivity contribution < 1.29 is 28.6 Å². The number of methoxy groups -OCH3 is 1. The molecule has 0 aliphatic carbocycles.